The first-order valence-electron chi connectivity index (χ1n) is 14.7. The van der Waals surface area contributed by atoms with Crippen molar-refractivity contribution in [3.05, 3.63) is 100 Å². The highest BCUT2D eigenvalue weighted by atomic mass is 16.2. The third-order valence-electron chi connectivity index (χ3n) is 9.46. The van der Waals surface area contributed by atoms with Crippen LogP contribution in [0.1, 0.15) is 65.5 Å². The summed E-state index contributed by atoms with van der Waals surface area (Å²) in [6.45, 7) is 6.22. The Morgan fingerprint density at radius 3 is 2.10 bits per heavy atom. The highest BCUT2D eigenvalue weighted by Gasteiger charge is 2.55. The lowest BCUT2D eigenvalue weighted by molar-refractivity contribution is -0.150. The molecule has 3 aliphatic rings. The van der Waals surface area contributed by atoms with Crippen LogP contribution in [0.5, 0.6) is 0 Å². The summed E-state index contributed by atoms with van der Waals surface area (Å²) in [6, 6.07) is 23.2. The maximum atomic E-state index is 14.6. The molecule has 3 aromatic carbocycles. The Kier molecular flexibility index (Phi) is 6.82. The molecule has 0 spiro atoms. The number of anilines is 1. The number of nitrogens with one attached hydrogen (secondary N) is 1. The van der Waals surface area contributed by atoms with Gasteiger partial charge in [0.05, 0.1) is 6.42 Å². The van der Waals surface area contributed by atoms with Gasteiger partial charge in [0.2, 0.25) is 11.8 Å². The van der Waals surface area contributed by atoms with Gasteiger partial charge in [-0.05, 0) is 105 Å². The summed E-state index contributed by atoms with van der Waals surface area (Å²) in [5, 5.41) is 3.38. The summed E-state index contributed by atoms with van der Waals surface area (Å²) in [4.78, 5) is 30.8. The number of nitrogens with zero attached hydrogens (tertiary/aromatic N) is 1. The predicted octanol–water partition coefficient (Wildman–Crippen LogP) is 6.74. The predicted molar refractivity (Wildman–Crippen MR) is 157 cm³/mol. The minimum Gasteiger partial charge on any atom is -0.325 e. The van der Waals surface area contributed by atoms with E-state index in [4.69, 9.17) is 0 Å². The van der Waals surface area contributed by atoms with E-state index in [1.807, 2.05) is 30.3 Å². The number of rotatable bonds is 6. The maximum absolute atomic E-state index is 14.6. The topological polar surface area (TPSA) is 49.4 Å². The quantitative estimate of drug-likeness (QED) is 0.391. The average Bonchev–Trinajstić information content (AvgIpc) is 3.75. The maximum Gasteiger partial charge on any atom is 0.250 e. The van der Waals surface area contributed by atoms with Gasteiger partial charge in [-0.2, -0.15) is 0 Å². The Labute approximate surface area is 232 Å². The molecule has 2 saturated carbocycles. The van der Waals surface area contributed by atoms with Crippen molar-refractivity contribution >= 4 is 17.5 Å². The van der Waals surface area contributed by atoms with Crippen molar-refractivity contribution in [3.8, 4) is 0 Å². The van der Waals surface area contributed by atoms with Gasteiger partial charge in [-0.25, -0.2) is 0 Å². The number of hydrogen-bond donors (Lipinski definition) is 1. The van der Waals surface area contributed by atoms with Crippen molar-refractivity contribution in [3.63, 3.8) is 0 Å². The van der Waals surface area contributed by atoms with Gasteiger partial charge in [0, 0.05) is 11.7 Å². The molecule has 202 valence electrons. The molecule has 6 rings (SSSR count). The van der Waals surface area contributed by atoms with Crippen LogP contribution >= 0.6 is 0 Å². The minimum absolute atomic E-state index is 0.00294. The average molecular weight is 521 g/mol. The summed E-state index contributed by atoms with van der Waals surface area (Å²) >= 11 is 0. The molecule has 0 bridgehead atoms. The SMILES string of the molecule is Cc1cc(C)c(NC(=O)[C@]2(N(C(=O)Cc3ccccc3)C3CC3)CC[C@@H]3Cc4ccccc4C[C@H]3C2)c(C)c1. The Hall–Kier alpha value is -3.40. The lowest BCUT2D eigenvalue weighted by Crippen LogP contribution is -2.63. The van der Waals surface area contributed by atoms with Crippen molar-refractivity contribution in [2.75, 3.05) is 5.32 Å². The number of amides is 2. The molecule has 0 radical (unpaired) electrons. The second-order valence-corrected chi connectivity index (χ2v) is 12.4. The lowest BCUT2D eigenvalue weighted by atomic mass is 9.62. The zero-order valence-electron chi connectivity index (χ0n) is 23.5. The lowest BCUT2D eigenvalue weighted by Gasteiger charge is -2.51. The molecule has 2 amide bonds. The van der Waals surface area contributed by atoms with E-state index in [1.54, 1.807) is 0 Å². The summed E-state index contributed by atoms with van der Waals surface area (Å²) in [5.41, 5.74) is 7.28. The Balaban J connectivity index is 1.37. The molecule has 3 aliphatic carbocycles. The van der Waals surface area contributed by atoms with Crippen LogP contribution in [-0.2, 0) is 28.9 Å². The van der Waals surface area contributed by atoms with Crippen LogP contribution in [0.15, 0.2) is 66.7 Å². The zero-order valence-corrected chi connectivity index (χ0v) is 23.5. The van der Waals surface area contributed by atoms with Gasteiger partial charge < -0.3 is 10.2 Å². The number of carbonyl (C=O) groups is 2. The van der Waals surface area contributed by atoms with Crippen LogP contribution in [0.25, 0.3) is 0 Å². The standard InChI is InChI=1S/C35H40N2O2/c1-23-17-24(2)33(25(3)18-23)36-34(39)35(37(31-13-14-31)32(38)19-26-9-5-4-6-10-26)16-15-29-20-27-11-7-8-12-28(27)21-30(29)22-35/h4-12,17-18,29-31H,13-16,19-22H2,1-3H3,(H,36,39)/t29-,30+,35+/m1/s1. The van der Waals surface area contributed by atoms with Gasteiger partial charge in [-0.3, -0.25) is 9.59 Å². The first-order valence-corrected chi connectivity index (χ1v) is 14.7. The Bertz CT molecular complexity index is 1370. The van der Waals surface area contributed by atoms with E-state index in [-0.39, 0.29) is 17.9 Å². The fraction of sp³-hybridized carbons (Fsp3) is 0.429. The Morgan fingerprint density at radius 2 is 1.46 bits per heavy atom. The molecule has 0 saturated heterocycles. The van der Waals surface area contributed by atoms with Gasteiger partial charge in [-0.1, -0.05) is 72.3 Å². The van der Waals surface area contributed by atoms with E-state index < -0.39 is 5.54 Å². The van der Waals surface area contributed by atoms with Crippen molar-refractivity contribution < 1.29 is 9.59 Å². The third-order valence-corrected chi connectivity index (χ3v) is 9.46. The molecule has 3 atom stereocenters. The summed E-state index contributed by atoms with van der Waals surface area (Å²) < 4.78 is 0. The van der Waals surface area contributed by atoms with E-state index in [2.05, 4.69) is 67.4 Å². The van der Waals surface area contributed by atoms with E-state index in [0.717, 1.165) is 67.3 Å². The Morgan fingerprint density at radius 1 is 0.846 bits per heavy atom. The second-order valence-electron chi connectivity index (χ2n) is 12.4. The van der Waals surface area contributed by atoms with Gasteiger partial charge >= 0.3 is 0 Å². The summed E-state index contributed by atoms with van der Waals surface area (Å²) in [7, 11) is 0. The molecular weight excluding hydrogens is 480 g/mol. The molecule has 0 aromatic heterocycles. The number of hydrogen-bond acceptors (Lipinski definition) is 2. The van der Waals surface area contributed by atoms with Crippen molar-refractivity contribution in [1.82, 2.24) is 4.90 Å². The fourth-order valence-corrected chi connectivity index (χ4v) is 7.51. The monoisotopic (exact) mass is 520 g/mol. The van der Waals surface area contributed by atoms with Crippen molar-refractivity contribution in [2.45, 2.75) is 83.7 Å². The molecule has 2 fully saturated rings. The summed E-state index contributed by atoms with van der Waals surface area (Å²) in [6.07, 6.45) is 6.80. The molecule has 0 heterocycles. The third kappa shape index (κ3) is 5.02. The number of carbonyl (C=O) groups excluding carboxylic acids is 2. The molecule has 4 nitrogen and oxygen atoms in total. The largest absolute Gasteiger partial charge is 0.325 e. The van der Waals surface area contributed by atoms with Crippen LogP contribution < -0.4 is 5.32 Å². The number of aryl methyl sites for hydroxylation is 3. The molecule has 0 unspecified atom stereocenters. The first kappa shape index (κ1) is 25.9. The highest BCUT2D eigenvalue weighted by Crippen LogP contribution is 2.49. The minimum atomic E-state index is -0.829. The molecule has 0 aliphatic heterocycles. The fourth-order valence-electron chi connectivity index (χ4n) is 7.51. The zero-order chi connectivity index (χ0) is 27.1. The number of benzene rings is 3. The van der Waals surface area contributed by atoms with E-state index in [9.17, 15) is 9.59 Å². The van der Waals surface area contributed by atoms with E-state index in [0.29, 0.717) is 18.3 Å². The summed E-state index contributed by atoms with van der Waals surface area (Å²) in [5.74, 6) is 1.05. The van der Waals surface area contributed by atoms with Crippen LogP contribution in [0.4, 0.5) is 5.69 Å². The molecule has 1 N–H and O–H groups in total. The molecule has 4 heteroatoms. The van der Waals surface area contributed by atoms with Gasteiger partial charge in [0.1, 0.15) is 5.54 Å². The molecular formula is C35H40N2O2. The van der Waals surface area contributed by atoms with Crippen molar-refractivity contribution in [1.29, 1.82) is 0 Å². The van der Waals surface area contributed by atoms with Crippen molar-refractivity contribution in [2.24, 2.45) is 11.8 Å². The highest BCUT2D eigenvalue weighted by molar-refractivity contribution is 6.02. The molecule has 39 heavy (non-hydrogen) atoms. The van der Waals surface area contributed by atoms with Gasteiger partial charge in [0.15, 0.2) is 0 Å². The molecule has 3 aromatic rings. The van der Waals surface area contributed by atoms with Crippen LogP contribution in [0.2, 0.25) is 0 Å². The van der Waals surface area contributed by atoms with Gasteiger partial charge in [-0.15, -0.1) is 0 Å². The second kappa shape index (κ2) is 10.3. The van der Waals surface area contributed by atoms with E-state index >= 15 is 0 Å². The van der Waals surface area contributed by atoms with Crippen LogP contribution in [-0.4, -0.2) is 28.3 Å². The smallest absolute Gasteiger partial charge is 0.250 e. The van der Waals surface area contributed by atoms with E-state index in [1.165, 1.54) is 16.7 Å². The van der Waals surface area contributed by atoms with Gasteiger partial charge in [0.25, 0.3) is 0 Å². The van der Waals surface area contributed by atoms with Crippen LogP contribution in [0.3, 0.4) is 0 Å². The normalized spacial score (nSPS) is 23.9. The first-order chi connectivity index (χ1) is 18.8. The van der Waals surface area contributed by atoms with Crippen LogP contribution in [0, 0.1) is 32.6 Å². The number of fused-ring (bicyclic) bond motifs is 2.